The molecule has 0 fully saturated rings. The van der Waals surface area contributed by atoms with E-state index in [1.165, 1.54) is 12.0 Å². The van der Waals surface area contributed by atoms with Crippen molar-refractivity contribution in [1.29, 1.82) is 0 Å². The van der Waals surface area contributed by atoms with Crippen LogP contribution in [0.1, 0.15) is 26.3 Å². The number of aryl methyl sites for hydroxylation is 1. The molecule has 22 heavy (non-hydrogen) atoms. The minimum Gasteiger partial charge on any atom is -0.467 e. The first-order valence-corrected chi connectivity index (χ1v) is 7.44. The molecule has 122 valence electrons. The summed E-state index contributed by atoms with van der Waals surface area (Å²) in [6.07, 6.45) is -0.0911. The third kappa shape index (κ3) is 4.45. The van der Waals surface area contributed by atoms with Crippen molar-refractivity contribution in [3.8, 4) is 0 Å². The molecule has 0 aromatic heterocycles. The summed E-state index contributed by atoms with van der Waals surface area (Å²) in [5.41, 5.74) is 1.29. The van der Waals surface area contributed by atoms with Gasteiger partial charge in [-0.2, -0.15) is 0 Å². The highest BCUT2D eigenvalue weighted by Gasteiger charge is 2.30. The maximum atomic E-state index is 12.5. The Hall–Kier alpha value is -1.59. The molecule has 0 aliphatic heterocycles. The Morgan fingerprint density at radius 1 is 1.27 bits per heavy atom. The van der Waals surface area contributed by atoms with E-state index in [9.17, 15) is 9.59 Å². The highest BCUT2D eigenvalue weighted by atomic mass is 35.5. The molecule has 1 atom stereocenters. The van der Waals surface area contributed by atoms with Crippen LogP contribution in [0.4, 0.5) is 5.69 Å². The number of para-hydroxylation sites is 1. The van der Waals surface area contributed by atoms with Crippen molar-refractivity contribution >= 4 is 29.2 Å². The van der Waals surface area contributed by atoms with Gasteiger partial charge in [0.2, 0.25) is 0 Å². The van der Waals surface area contributed by atoms with Crippen LogP contribution in [0.2, 0.25) is 5.02 Å². The summed E-state index contributed by atoms with van der Waals surface area (Å²) < 4.78 is 10.1. The lowest BCUT2D eigenvalue weighted by molar-refractivity contribution is -0.143. The molecule has 0 saturated carbocycles. The van der Waals surface area contributed by atoms with Gasteiger partial charge in [0.05, 0.1) is 23.9 Å². The largest absolute Gasteiger partial charge is 0.467 e. The predicted molar refractivity (Wildman–Crippen MR) is 86.2 cm³/mol. The molecule has 0 aliphatic rings. The van der Waals surface area contributed by atoms with E-state index in [2.05, 4.69) is 0 Å². The van der Waals surface area contributed by atoms with Crippen molar-refractivity contribution in [3.63, 3.8) is 0 Å². The second kappa shape index (κ2) is 8.15. The number of hydrogen-bond donors (Lipinski definition) is 0. The summed E-state index contributed by atoms with van der Waals surface area (Å²) in [6, 6.07) is 4.50. The fourth-order valence-electron chi connectivity index (χ4n) is 2.05. The second-order valence-electron chi connectivity index (χ2n) is 5.23. The van der Waals surface area contributed by atoms with Gasteiger partial charge in [0.1, 0.15) is 12.6 Å². The molecule has 0 heterocycles. The number of nitrogens with zero attached hydrogens (tertiary/aromatic N) is 1. The zero-order valence-electron chi connectivity index (χ0n) is 13.6. The number of amides is 1. The first kappa shape index (κ1) is 18.5. The summed E-state index contributed by atoms with van der Waals surface area (Å²) in [5, 5.41) is 0.397. The van der Waals surface area contributed by atoms with Crippen LogP contribution in [0.15, 0.2) is 18.2 Å². The van der Waals surface area contributed by atoms with Gasteiger partial charge in [0.25, 0.3) is 5.91 Å². The molecule has 1 rings (SSSR count). The first-order chi connectivity index (χ1) is 10.3. The SMILES string of the molecule is COC(=O)C(C)N(C(=O)COC(C)C)c1c(C)cccc1Cl. The molecule has 0 spiro atoms. The lowest BCUT2D eigenvalue weighted by Crippen LogP contribution is -2.46. The van der Waals surface area contributed by atoms with Gasteiger partial charge in [-0.25, -0.2) is 4.79 Å². The number of benzene rings is 1. The summed E-state index contributed by atoms with van der Waals surface area (Å²) in [5.74, 6) is -0.861. The van der Waals surface area contributed by atoms with Crippen LogP contribution in [0.5, 0.6) is 0 Å². The molecule has 0 saturated heterocycles. The number of esters is 1. The standard InChI is InChI=1S/C16H22ClNO4/c1-10(2)22-9-14(19)18(12(4)16(20)21-5)15-11(3)7-6-8-13(15)17/h6-8,10,12H,9H2,1-5H3. The number of hydrogen-bond acceptors (Lipinski definition) is 4. The molecule has 1 aromatic rings. The van der Waals surface area contributed by atoms with Crippen LogP contribution in [-0.4, -0.2) is 37.7 Å². The van der Waals surface area contributed by atoms with Crippen LogP contribution in [0.25, 0.3) is 0 Å². The molecule has 0 radical (unpaired) electrons. The Morgan fingerprint density at radius 2 is 1.91 bits per heavy atom. The Balaban J connectivity index is 3.22. The van der Waals surface area contributed by atoms with E-state index < -0.39 is 12.0 Å². The van der Waals surface area contributed by atoms with Crippen molar-refractivity contribution in [2.45, 2.75) is 39.8 Å². The van der Waals surface area contributed by atoms with E-state index in [0.29, 0.717) is 10.7 Å². The van der Waals surface area contributed by atoms with Gasteiger partial charge in [0, 0.05) is 0 Å². The molecule has 1 unspecified atom stereocenters. The van der Waals surface area contributed by atoms with E-state index in [-0.39, 0.29) is 18.6 Å². The Bertz CT molecular complexity index is 525. The first-order valence-electron chi connectivity index (χ1n) is 7.06. The molecule has 0 aliphatic carbocycles. The van der Waals surface area contributed by atoms with Gasteiger partial charge in [-0.3, -0.25) is 9.69 Å². The van der Waals surface area contributed by atoms with Crippen LogP contribution < -0.4 is 4.90 Å². The average molecular weight is 328 g/mol. The van der Waals surface area contributed by atoms with Gasteiger partial charge in [-0.1, -0.05) is 23.7 Å². The zero-order valence-corrected chi connectivity index (χ0v) is 14.3. The van der Waals surface area contributed by atoms with E-state index in [1.54, 1.807) is 19.1 Å². The fourth-order valence-corrected chi connectivity index (χ4v) is 2.36. The quantitative estimate of drug-likeness (QED) is 0.754. The molecule has 6 heteroatoms. The van der Waals surface area contributed by atoms with Crippen LogP contribution >= 0.6 is 11.6 Å². The topological polar surface area (TPSA) is 55.8 Å². The number of ether oxygens (including phenoxy) is 2. The Morgan fingerprint density at radius 3 is 2.41 bits per heavy atom. The predicted octanol–water partition coefficient (Wildman–Crippen LogP) is 2.97. The minimum absolute atomic E-state index is 0.0911. The summed E-state index contributed by atoms with van der Waals surface area (Å²) in [7, 11) is 1.28. The molecule has 0 N–H and O–H groups in total. The highest BCUT2D eigenvalue weighted by Crippen LogP contribution is 2.31. The van der Waals surface area contributed by atoms with E-state index in [0.717, 1.165) is 5.56 Å². The average Bonchev–Trinajstić information content (AvgIpc) is 2.47. The molecule has 0 bridgehead atoms. The number of halogens is 1. The summed E-state index contributed by atoms with van der Waals surface area (Å²) in [6.45, 7) is 6.96. The van der Waals surface area contributed by atoms with Crippen LogP contribution in [0, 0.1) is 6.92 Å². The van der Waals surface area contributed by atoms with E-state index in [1.807, 2.05) is 26.8 Å². The third-order valence-electron chi connectivity index (χ3n) is 3.17. The van der Waals surface area contributed by atoms with Crippen molar-refractivity contribution in [2.75, 3.05) is 18.6 Å². The number of methoxy groups -OCH3 is 1. The minimum atomic E-state index is -0.799. The van der Waals surface area contributed by atoms with Crippen LogP contribution in [-0.2, 0) is 19.1 Å². The molecular weight excluding hydrogens is 306 g/mol. The lowest BCUT2D eigenvalue weighted by Gasteiger charge is -2.30. The number of carbonyl (C=O) groups excluding carboxylic acids is 2. The summed E-state index contributed by atoms with van der Waals surface area (Å²) >= 11 is 6.24. The summed E-state index contributed by atoms with van der Waals surface area (Å²) in [4.78, 5) is 25.8. The smallest absolute Gasteiger partial charge is 0.328 e. The number of rotatable bonds is 6. The molecule has 5 nitrogen and oxygen atoms in total. The van der Waals surface area contributed by atoms with Crippen LogP contribution in [0.3, 0.4) is 0 Å². The molecule has 1 amide bonds. The second-order valence-corrected chi connectivity index (χ2v) is 5.64. The van der Waals surface area contributed by atoms with Crippen molar-refractivity contribution in [1.82, 2.24) is 0 Å². The normalized spacial score (nSPS) is 12.1. The Kier molecular flexibility index (Phi) is 6.84. The van der Waals surface area contributed by atoms with Gasteiger partial charge in [-0.15, -0.1) is 0 Å². The van der Waals surface area contributed by atoms with Crippen molar-refractivity contribution in [2.24, 2.45) is 0 Å². The highest BCUT2D eigenvalue weighted by molar-refractivity contribution is 6.34. The maximum Gasteiger partial charge on any atom is 0.328 e. The number of carbonyl (C=O) groups is 2. The maximum absolute atomic E-state index is 12.5. The van der Waals surface area contributed by atoms with Gasteiger partial charge in [0.15, 0.2) is 0 Å². The van der Waals surface area contributed by atoms with Gasteiger partial charge in [-0.05, 0) is 39.3 Å². The molecule has 1 aromatic carbocycles. The molecular formula is C16H22ClNO4. The lowest BCUT2D eigenvalue weighted by atomic mass is 10.1. The third-order valence-corrected chi connectivity index (χ3v) is 3.47. The van der Waals surface area contributed by atoms with E-state index >= 15 is 0 Å². The van der Waals surface area contributed by atoms with Crippen molar-refractivity contribution in [3.05, 3.63) is 28.8 Å². The van der Waals surface area contributed by atoms with Gasteiger partial charge >= 0.3 is 5.97 Å². The van der Waals surface area contributed by atoms with Gasteiger partial charge < -0.3 is 9.47 Å². The Labute approximate surface area is 136 Å². The zero-order chi connectivity index (χ0) is 16.9. The monoisotopic (exact) mass is 327 g/mol. The number of anilines is 1. The van der Waals surface area contributed by atoms with E-state index in [4.69, 9.17) is 21.1 Å². The van der Waals surface area contributed by atoms with Crippen molar-refractivity contribution < 1.29 is 19.1 Å². The fraction of sp³-hybridized carbons (Fsp3) is 0.500.